The summed E-state index contributed by atoms with van der Waals surface area (Å²) in [5.74, 6) is 1.94. The lowest BCUT2D eigenvalue weighted by Gasteiger charge is -2.24. The van der Waals surface area contributed by atoms with Crippen LogP contribution < -0.4 is 4.90 Å². The second-order valence-corrected chi connectivity index (χ2v) is 11.8. The van der Waals surface area contributed by atoms with Crippen LogP contribution >= 0.6 is 0 Å². The molecule has 1 aliphatic carbocycles. The van der Waals surface area contributed by atoms with Crippen LogP contribution in [0.25, 0.3) is 16.7 Å². The Balaban J connectivity index is 1.20. The van der Waals surface area contributed by atoms with Crippen molar-refractivity contribution in [3.8, 4) is 5.69 Å². The third kappa shape index (κ3) is 5.49. The van der Waals surface area contributed by atoms with E-state index in [0.717, 1.165) is 54.1 Å². The zero-order valence-electron chi connectivity index (χ0n) is 24.6. The first-order valence-corrected chi connectivity index (χ1v) is 15.1. The molecule has 1 saturated carbocycles. The third-order valence-electron chi connectivity index (χ3n) is 8.73. The molecule has 0 bridgehead atoms. The zero-order chi connectivity index (χ0) is 29.5. The SMILES string of the molecule is Cc1ccc(Cc2nc(N3CCCN(C(=O)[C@@H]4C[C@H]4c4ccccc4)CC3)c3c(C)nn(-c4ccc(F)cc4)c3n2)cc1. The van der Waals surface area contributed by atoms with Crippen LogP contribution in [0.3, 0.4) is 0 Å². The van der Waals surface area contributed by atoms with Crippen LogP contribution in [-0.2, 0) is 11.2 Å². The number of hydrogen-bond acceptors (Lipinski definition) is 5. The zero-order valence-corrected chi connectivity index (χ0v) is 24.6. The normalized spacial score (nSPS) is 18.6. The van der Waals surface area contributed by atoms with Crippen LogP contribution in [0.5, 0.6) is 0 Å². The lowest BCUT2D eigenvalue weighted by molar-refractivity contribution is -0.132. The lowest BCUT2D eigenvalue weighted by atomic mass is 10.1. The number of anilines is 1. The molecule has 3 aromatic carbocycles. The van der Waals surface area contributed by atoms with E-state index >= 15 is 0 Å². The van der Waals surface area contributed by atoms with Gasteiger partial charge in [-0.25, -0.2) is 19.0 Å². The fourth-order valence-corrected chi connectivity index (χ4v) is 6.28. The van der Waals surface area contributed by atoms with E-state index in [1.165, 1.54) is 23.3 Å². The maximum Gasteiger partial charge on any atom is 0.226 e. The fourth-order valence-electron chi connectivity index (χ4n) is 6.28. The van der Waals surface area contributed by atoms with E-state index in [1.54, 1.807) is 16.8 Å². The molecule has 1 saturated heterocycles. The van der Waals surface area contributed by atoms with Gasteiger partial charge in [0.15, 0.2) is 5.65 Å². The highest BCUT2D eigenvalue weighted by atomic mass is 19.1. The molecule has 0 radical (unpaired) electrons. The van der Waals surface area contributed by atoms with Crippen LogP contribution in [0.15, 0.2) is 78.9 Å². The summed E-state index contributed by atoms with van der Waals surface area (Å²) in [6, 6.07) is 25.1. The van der Waals surface area contributed by atoms with Gasteiger partial charge in [0.2, 0.25) is 5.91 Å². The second-order valence-electron chi connectivity index (χ2n) is 11.8. The maximum absolute atomic E-state index is 13.8. The van der Waals surface area contributed by atoms with E-state index in [2.05, 4.69) is 60.4 Å². The quantitative estimate of drug-likeness (QED) is 0.249. The Morgan fingerprint density at radius 3 is 2.42 bits per heavy atom. The van der Waals surface area contributed by atoms with E-state index in [1.807, 2.05) is 17.9 Å². The number of hydrogen-bond donors (Lipinski definition) is 0. The molecule has 0 unspecified atom stereocenters. The minimum Gasteiger partial charge on any atom is -0.354 e. The van der Waals surface area contributed by atoms with Crippen molar-refractivity contribution >= 4 is 22.8 Å². The number of benzene rings is 3. The van der Waals surface area contributed by atoms with Gasteiger partial charge in [0.1, 0.15) is 17.5 Å². The molecule has 218 valence electrons. The summed E-state index contributed by atoms with van der Waals surface area (Å²) in [5.41, 5.74) is 5.86. The van der Waals surface area contributed by atoms with Crippen molar-refractivity contribution in [3.05, 3.63) is 113 Å². The van der Waals surface area contributed by atoms with Crippen molar-refractivity contribution in [3.63, 3.8) is 0 Å². The summed E-state index contributed by atoms with van der Waals surface area (Å²) < 4.78 is 15.6. The average Bonchev–Trinajstić information content (AvgIpc) is 3.80. The number of aromatic nitrogens is 4. The van der Waals surface area contributed by atoms with Crippen LogP contribution in [-0.4, -0.2) is 56.7 Å². The highest BCUT2D eigenvalue weighted by molar-refractivity contribution is 5.91. The van der Waals surface area contributed by atoms with Gasteiger partial charge in [0.25, 0.3) is 0 Å². The van der Waals surface area contributed by atoms with Gasteiger partial charge in [-0.15, -0.1) is 0 Å². The van der Waals surface area contributed by atoms with Crippen LogP contribution in [0.1, 0.15) is 47.0 Å². The van der Waals surface area contributed by atoms with Gasteiger partial charge < -0.3 is 9.80 Å². The molecule has 2 aliphatic rings. The molecule has 3 heterocycles. The van der Waals surface area contributed by atoms with Gasteiger partial charge in [0.05, 0.1) is 16.8 Å². The maximum atomic E-state index is 13.8. The van der Waals surface area contributed by atoms with E-state index in [9.17, 15) is 9.18 Å². The van der Waals surface area contributed by atoms with E-state index in [-0.39, 0.29) is 17.6 Å². The molecule has 7 rings (SSSR count). The van der Waals surface area contributed by atoms with E-state index < -0.39 is 0 Å². The lowest BCUT2D eigenvalue weighted by Crippen LogP contribution is -2.36. The Kier molecular flexibility index (Phi) is 7.13. The van der Waals surface area contributed by atoms with Crippen molar-refractivity contribution in [2.45, 2.75) is 39.0 Å². The van der Waals surface area contributed by atoms with Gasteiger partial charge >= 0.3 is 0 Å². The summed E-state index contributed by atoms with van der Waals surface area (Å²) in [4.78, 5) is 28.0. The predicted octanol–water partition coefficient (Wildman–Crippen LogP) is 6.00. The number of aryl methyl sites for hydroxylation is 2. The molecule has 7 nitrogen and oxygen atoms in total. The van der Waals surface area contributed by atoms with Gasteiger partial charge in [-0.3, -0.25) is 4.79 Å². The molecule has 2 fully saturated rings. The fraction of sp³-hybridized carbons (Fsp3) is 0.314. The Bertz CT molecular complexity index is 1770. The Hall–Kier alpha value is -4.59. The average molecular weight is 575 g/mol. The monoisotopic (exact) mass is 574 g/mol. The van der Waals surface area contributed by atoms with Crippen molar-refractivity contribution in [1.82, 2.24) is 24.6 Å². The molecular weight excluding hydrogens is 539 g/mol. The number of nitrogens with zero attached hydrogens (tertiary/aromatic N) is 6. The summed E-state index contributed by atoms with van der Waals surface area (Å²) in [7, 11) is 0. The smallest absolute Gasteiger partial charge is 0.226 e. The molecule has 2 aromatic heterocycles. The molecule has 1 amide bonds. The van der Waals surface area contributed by atoms with Gasteiger partial charge in [-0.2, -0.15) is 5.10 Å². The van der Waals surface area contributed by atoms with Gasteiger partial charge in [-0.05, 0) is 68.0 Å². The number of carbonyl (C=O) groups is 1. The Labute approximate surface area is 251 Å². The van der Waals surface area contributed by atoms with Gasteiger partial charge in [0, 0.05) is 38.5 Å². The summed E-state index contributed by atoms with van der Waals surface area (Å²) in [5, 5.41) is 5.73. The topological polar surface area (TPSA) is 67.2 Å². The highest BCUT2D eigenvalue weighted by Crippen LogP contribution is 2.48. The summed E-state index contributed by atoms with van der Waals surface area (Å²) in [6.07, 6.45) is 2.37. The predicted molar refractivity (Wildman–Crippen MR) is 166 cm³/mol. The third-order valence-corrected chi connectivity index (χ3v) is 8.73. The molecule has 0 N–H and O–H groups in total. The van der Waals surface area contributed by atoms with Crippen molar-refractivity contribution in [2.24, 2.45) is 5.92 Å². The number of fused-ring (bicyclic) bond motifs is 1. The van der Waals surface area contributed by atoms with Crippen molar-refractivity contribution < 1.29 is 9.18 Å². The number of carbonyl (C=O) groups excluding carboxylic acids is 1. The van der Waals surface area contributed by atoms with Crippen molar-refractivity contribution in [1.29, 1.82) is 0 Å². The Morgan fingerprint density at radius 1 is 0.884 bits per heavy atom. The second kappa shape index (κ2) is 11.2. The first-order valence-electron chi connectivity index (χ1n) is 15.1. The largest absolute Gasteiger partial charge is 0.354 e. The van der Waals surface area contributed by atoms with Crippen molar-refractivity contribution in [2.75, 3.05) is 31.1 Å². The molecule has 43 heavy (non-hydrogen) atoms. The first-order chi connectivity index (χ1) is 20.9. The summed E-state index contributed by atoms with van der Waals surface area (Å²) >= 11 is 0. The summed E-state index contributed by atoms with van der Waals surface area (Å²) in [6.45, 7) is 6.91. The minimum atomic E-state index is -0.294. The van der Waals surface area contributed by atoms with E-state index in [0.29, 0.717) is 36.9 Å². The molecule has 8 heteroatoms. The molecule has 1 aliphatic heterocycles. The molecule has 2 atom stereocenters. The first kappa shape index (κ1) is 27.3. The van der Waals surface area contributed by atoms with E-state index in [4.69, 9.17) is 15.1 Å². The molecule has 5 aromatic rings. The molecular formula is C35H35FN6O. The minimum absolute atomic E-state index is 0.0806. The van der Waals surface area contributed by atoms with Crippen LogP contribution in [0.4, 0.5) is 10.2 Å². The van der Waals surface area contributed by atoms with Crippen LogP contribution in [0.2, 0.25) is 0 Å². The molecule has 0 spiro atoms. The van der Waals surface area contributed by atoms with Crippen LogP contribution in [0, 0.1) is 25.6 Å². The Morgan fingerprint density at radius 2 is 1.65 bits per heavy atom. The number of halogens is 1. The number of amides is 1. The number of rotatable bonds is 6. The van der Waals surface area contributed by atoms with Gasteiger partial charge in [-0.1, -0.05) is 60.2 Å². The standard InChI is InChI=1S/C35H35FN6O/c1-23-9-11-25(12-10-23)21-31-37-33(32-24(2)39-42(34(32)38-31)28-15-13-27(36)14-16-28)40-17-6-18-41(20-19-40)35(43)30-22-29(30)26-7-4-3-5-8-26/h3-5,7-16,29-30H,6,17-22H2,1-2H3/t29-,30+/m0/s1. The highest BCUT2D eigenvalue weighted by Gasteiger charge is 2.45.